The summed E-state index contributed by atoms with van der Waals surface area (Å²) in [6.45, 7) is 14.5. The number of nitrogens with zero attached hydrogens (tertiary/aromatic N) is 3. The molecule has 0 fully saturated rings. The second-order valence-electron chi connectivity index (χ2n) is 24.2. The van der Waals surface area contributed by atoms with Crippen LogP contribution in [0.5, 0.6) is 0 Å². The molecule has 0 aromatic rings. The molecule has 0 radical (unpaired) electrons. The molecule has 2 amide bonds. The van der Waals surface area contributed by atoms with Gasteiger partial charge in [0.15, 0.2) is 0 Å². The number of rotatable bonds is 65. The molecule has 14 heteroatoms. The third-order valence-electron chi connectivity index (χ3n) is 16.0. The Balaban J connectivity index is 5.25. The summed E-state index contributed by atoms with van der Waals surface area (Å²) < 4.78 is 0. The molecule has 0 saturated carbocycles. The zero-order chi connectivity index (χ0) is 58.8. The van der Waals surface area contributed by atoms with Crippen molar-refractivity contribution >= 4 is 33.4 Å². The van der Waals surface area contributed by atoms with Gasteiger partial charge >= 0.3 is 0 Å². The Morgan fingerprint density at radius 1 is 0.400 bits per heavy atom. The summed E-state index contributed by atoms with van der Waals surface area (Å²) in [6, 6.07) is -0.642. The fourth-order valence-corrected chi connectivity index (χ4v) is 13.1. The highest BCUT2D eigenvalue weighted by molar-refractivity contribution is 8.76. The highest BCUT2D eigenvalue weighted by atomic mass is 33.1. The van der Waals surface area contributed by atoms with Gasteiger partial charge in [-0.1, -0.05) is 255 Å². The Morgan fingerprint density at radius 3 is 1.10 bits per heavy atom. The minimum Gasteiger partial charge on any atom is -0.395 e. The van der Waals surface area contributed by atoms with Gasteiger partial charge in [-0.3, -0.25) is 19.4 Å². The van der Waals surface area contributed by atoms with E-state index in [0.717, 1.165) is 95.8 Å². The summed E-state index contributed by atoms with van der Waals surface area (Å²) in [5.74, 6) is 1.36. The topological polar surface area (TPSA) is 169 Å². The predicted octanol–water partition coefficient (Wildman–Crippen LogP) is 14.4. The van der Waals surface area contributed by atoms with Gasteiger partial charge in [0.2, 0.25) is 11.8 Å². The highest BCUT2D eigenvalue weighted by Crippen LogP contribution is 2.25. The van der Waals surface area contributed by atoms with Gasteiger partial charge in [0, 0.05) is 63.7 Å². The zero-order valence-corrected chi connectivity index (χ0v) is 54.9. The molecule has 0 aliphatic heterocycles. The van der Waals surface area contributed by atoms with Crippen LogP contribution in [0.25, 0.3) is 0 Å². The van der Waals surface area contributed by atoms with Crippen molar-refractivity contribution in [2.75, 3.05) is 84.1 Å². The number of unbranched alkanes of at least 4 members (excludes halogenated alkanes) is 30. The third-order valence-corrected chi connectivity index (χ3v) is 18.5. The molecular weight excluding hydrogens is 1040 g/mol. The van der Waals surface area contributed by atoms with Gasteiger partial charge in [-0.2, -0.15) is 0 Å². The third kappa shape index (κ3) is 55.2. The van der Waals surface area contributed by atoms with E-state index in [1.807, 2.05) is 22.7 Å². The van der Waals surface area contributed by atoms with Gasteiger partial charge < -0.3 is 41.1 Å². The monoisotopic (exact) mass is 1170 g/mol. The molecular formula is C66H135N5O7S2. The molecule has 0 bridgehead atoms. The van der Waals surface area contributed by atoms with Gasteiger partial charge in [-0.25, -0.2) is 0 Å². The molecule has 12 nitrogen and oxygen atoms in total. The van der Waals surface area contributed by atoms with Crippen LogP contribution in [-0.2, 0) is 9.59 Å². The van der Waals surface area contributed by atoms with Crippen LogP contribution in [-0.4, -0.2) is 167 Å². The molecule has 0 aromatic heterocycles. The average molecular weight is 1170 g/mol. The zero-order valence-electron chi connectivity index (χ0n) is 53.3. The second kappa shape index (κ2) is 61.4. The van der Waals surface area contributed by atoms with Gasteiger partial charge in [0.05, 0.1) is 31.0 Å². The molecule has 478 valence electrons. The SMILES string of the molecule is CCCCCCCCCCCCC(O)CN(CCCCSSCCC(NC(=O)CCCCN(CC(O)CCCCCCCC)CC(O)CCCCCCCC)C(=O)NCCN(C)CCO)CC(O)CCCCCCCCCCCC. The Morgan fingerprint density at radius 2 is 0.738 bits per heavy atom. The summed E-state index contributed by atoms with van der Waals surface area (Å²) in [5, 5.41) is 59.8. The molecule has 0 aliphatic rings. The summed E-state index contributed by atoms with van der Waals surface area (Å²) in [6.07, 6.45) is 45.8. The molecule has 0 saturated heterocycles. The van der Waals surface area contributed by atoms with Crippen LogP contribution in [0.1, 0.15) is 297 Å². The fraction of sp³-hybridized carbons (Fsp3) is 0.970. The maximum absolute atomic E-state index is 13.5. The van der Waals surface area contributed by atoms with Crippen molar-refractivity contribution in [2.24, 2.45) is 0 Å². The van der Waals surface area contributed by atoms with Crippen LogP contribution in [0.3, 0.4) is 0 Å². The lowest BCUT2D eigenvalue weighted by Gasteiger charge is -2.27. The standard InChI is InChI=1S/C66H135N5O7S2/c1-6-10-14-18-22-24-26-28-32-36-44-62(75)58-71(59-63(76)45-37-33-29-27-25-23-19-15-11-7-2)50-40-41-54-79-80-55-47-64(66(78)67-48-51-69(5)52-53-72)68-65(77)46-38-39-49-70(56-60(73)42-34-30-20-16-12-8-3)57-61(74)43-35-31-21-17-13-9-4/h60-64,72-76H,6-59H2,1-5H3,(H,67,78)(H,68,77). The number of likely N-dealkylation sites (N-methyl/N-ethyl adjacent to an activating group) is 1. The quantitative estimate of drug-likeness (QED) is 0.0228. The van der Waals surface area contributed by atoms with E-state index >= 15 is 0 Å². The molecule has 0 aromatic carbocycles. The van der Waals surface area contributed by atoms with Crippen molar-refractivity contribution in [3.8, 4) is 0 Å². The normalized spacial score (nSPS) is 13.9. The van der Waals surface area contributed by atoms with Crippen LogP contribution < -0.4 is 10.6 Å². The van der Waals surface area contributed by atoms with E-state index in [4.69, 9.17) is 0 Å². The minimum atomic E-state index is -0.642. The van der Waals surface area contributed by atoms with E-state index in [-0.39, 0.29) is 30.6 Å². The van der Waals surface area contributed by atoms with Crippen molar-refractivity contribution in [3.05, 3.63) is 0 Å². The molecule has 0 aliphatic carbocycles. The molecule has 0 rings (SSSR count). The maximum Gasteiger partial charge on any atom is 0.242 e. The number of aliphatic hydroxyl groups excluding tert-OH is 5. The summed E-state index contributed by atoms with van der Waals surface area (Å²) >= 11 is 0. The van der Waals surface area contributed by atoms with Crippen LogP contribution >= 0.6 is 21.6 Å². The lowest BCUT2D eigenvalue weighted by Crippen LogP contribution is -2.48. The van der Waals surface area contributed by atoms with Crippen molar-refractivity contribution in [1.29, 1.82) is 0 Å². The fourth-order valence-electron chi connectivity index (χ4n) is 10.8. The number of hydrogen-bond donors (Lipinski definition) is 7. The number of carbonyl (C=O) groups is 2. The molecule has 80 heavy (non-hydrogen) atoms. The Kier molecular flexibility index (Phi) is 60.9. The number of aliphatic hydroxyl groups is 5. The predicted molar refractivity (Wildman–Crippen MR) is 348 cm³/mol. The second-order valence-corrected chi connectivity index (χ2v) is 26.9. The smallest absolute Gasteiger partial charge is 0.242 e. The first-order chi connectivity index (χ1) is 39.0. The van der Waals surface area contributed by atoms with Crippen LogP contribution in [0.15, 0.2) is 0 Å². The van der Waals surface area contributed by atoms with E-state index in [1.54, 1.807) is 10.8 Å². The Labute approximate surface area is 503 Å². The van der Waals surface area contributed by atoms with Crippen molar-refractivity contribution < 1.29 is 35.1 Å². The van der Waals surface area contributed by atoms with Gasteiger partial charge in [-0.15, -0.1) is 0 Å². The highest BCUT2D eigenvalue weighted by Gasteiger charge is 2.22. The van der Waals surface area contributed by atoms with Crippen LogP contribution in [0.2, 0.25) is 0 Å². The van der Waals surface area contributed by atoms with E-state index in [9.17, 15) is 35.1 Å². The van der Waals surface area contributed by atoms with Gasteiger partial charge in [0.1, 0.15) is 6.04 Å². The van der Waals surface area contributed by atoms with E-state index in [0.29, 0.717) is 77.4 Å². The van der Waals surface area contributed by atoms with E-state index in [1.165, 1.54) is 167 Å². The Bertz CT molecular complexity index is 1240. The van der Waals surface area contributed by atoms with Gasteiger partial charge in [-0.05, 0) is 77.9 Å². The van der Waals surface area contributed by atoms with Crippen LogP contribution in [0, 0.1) is 0 Å². The largest absolute Gasteiger partial charge is 0.395 e. The van der Waals surface area contributed by atoms with E-state index in [2.05, 4.69) is 48.1 Å². The lowest BCUT2D eigenvalue weighted by molar-refractivity contribution is -0.129. The average Bonchev–Trinajstić information content (AvgIpc) is 3.43. The Hall–Kier alpha value is -0.680. The first kappa shape index (κ1) is 79.3. The number of hydrogen-bond acceptors (Lipinski definition) is 12. The minimum absolute atomic E-state index is 0.0544. The van der Waals surface area contributed by atoms with Crippen molar-refractivity contribution in [3.63, 3.8) is 0 Å². The molecule has 5 unspecified atom stereocenters. The molecule has 7 N–H and O–H groups in total. The summed E-state index contributed by atoms with van der Waals surface area (Å²) in [5.41, 5.74) is 0. The molecule has 5 atom stereocenters. The first-order valence-corrected chi connectivity index (χ1v) is 36.8. The summed E-state index contributed by atoms with van der Waals surface area (Å²) in [4.78, 5) is 33.5. The van der Waals surface area contributed by atoms with Crippen molar-refractivity contribution in [1.82, 2.24) is 25.3 Å². The summed E-state index contributed by atoms with van der Waals surface area (Å²) in [7, 11) is 5.46. The molecule has 0 spiro atoms. The van der Waals surface area contributed by atoms with Crippen LogP contribution in [0.4, 0.5) is 0 Å². The van der Waals surface area contributed by atoms with Crippen molar-refractivity contribution in [2.45, 2.75) is 328 Å². The molecule has 0 heterocycles. The first-order valence-electron chi connectivity index (χ1n) is 34.3. The number of amides is 2. The lowest BCUT2D eigenvalue weighted by atomic mass is 10.0. The number of nitrogens with one attached hydrogen (secondary N) is 2. The number of carbonyl (C=O) groups excluding carboxylic acids is 2. The maximum atomic E-state index is 13.5. The van der Waals surface area contributed by atoms with Gasteiger partial charge in [0.25, 0.3) is 0 Å². The van der Waals surface area contributed by atoms with E-state index < -0.39 is 18.2 Å².